The van der Waals surface area contributed by atoms with Gasteiger partial charge in [-0.25, -0.2) is 9.59 Å². The van der Waals surface area contributed by atoms with E-state index in [4.69, 9.17) is 14.6 Å². The van der Waals surface area contributed by atoms with Crippen molar-refractivity contribution in [3.8, 4) is 0 Å². The number of amides is 1. The predicted octanol–water partition coefficient (Wildman–Crippen LogP) is 0.687. The van der Waals surface area contributed by atoms with E-state index >= 15 is 0 Å². The molecule has 1 rings (SSSR count). The molecule has 0 aromatic rings. The Labute approximate surface area is 119 Å². The van der Waals surface area contributed by atoms with Crippen molar-refractivity contribution >= 4 is 12.1 Å². The van der Waals surface area contributed by atoms with E-state index in [1.165, 1.54) is 0 Å². The van der Waals surface area contributed by atoms with Crippen LogP contribution in [0.25, 0.3) is 0 Å². The van der Waals surface area contributed by atoms with E-state index in [-0.39, 0.29) is 0 Å². The number of aliphatic carboxylic acids is 1. The molecule has 20 heavy (non-hydrogen) atoms. The number of carboxylic acid groups (broad SMARTS) is 1. The Hall–Kier alpha value is -1.34. The average molecular weight is 288 g/mol. The van der Waals surface area contributed by atoms with E-state index in [2.05, 4.69) is 10.2 Å². The van der Waals surface area contributed by atoms with Crippen LogP contribution in [0.15, 0.2) is 0 Å². The summed E-state index contributed by atoms with van der Waals surface area (Å²) in [5.74, 6) is -1.05. The molecule has 0 aromatic heterocycles. The highest BCUT2D eigenvalue weighted by Crippen LogP contribution is 2.08. The first-order valence-electron chi connectivity index (χ1n) is 6.80. The number of nitrogens with one attached hydrogen (secondary N) is 1. The van der Waals surface area contributed by atoms with Crippen LogP contribution in [0.3, 0.4) is 0 Å². The van der Waals surface area contributed by atoms with Crippen LogP contribution in [0, 0.1) is 0 Å². The fraction of sp³-hybridized carbons (Fsp3) is 0.846. The number of nitrogens with zero attached hydrogens (tertiary/aromatic N) is 1. The Morgan fingerprint density at radius 1 is 1.35 bits per heavy atom. The second kappa shape index (κ2) is 7.44. The van der Waals surface area contributed by atoms with E-state index in [1.807, 2.05) is 0 Å². The highest BCUT2D eigenvalue weighted by atomic mass is 16.6. The molecular weight excluding hydrogens is 264 g/mol. The van der Waals surface area contributed by atoms with Gasteiger partial charge in [-0.05, 0) is 27.2 Å². The van der Waals surface area contributed by atoms with Crippen LogP contribution in [0.2, 0.25) is 0 Å². The third-order valence-corrected chi connectivity index (χ3v) is 2.83. The molecule has 1 aliphatic rings. The Morgan fingerprint density at radius 3 is 2.45 bits per heavy atom. The van der Waals surface area contributed by atoms with Crippen LogP contribution in [-0.4, -0.2) is 66.6 Å². The molecule has 7 heteroatoms. The van der Waals surface area contributed by atoms with E-state index in [9.17, 15) is 9.59 Å². The number of carbonyl (C=O) groups excluding carboxylic acids is 1. The van der Waals surface area contributed by atoms with Crippen LogP contribution in [0.5, 0.6) is 0 Å². The SMILES string of the molecule is CC(C)(C)OC(=O)NC(CCN1CCOCC1)C(=O)O. The molecule has 1 amide bonds. The minimum atomic E-state index is -1.05. The highest BCUT2D eigenvalue weighted by Gasteiger charge is 2.24. The quantitative estimate of drug-likeness (QED) is 0.773. The lowest BCUT2D eigenvalue weighted by Crippen LogP contribution is -2.46. The second-order valence-corrected chi connectivity index (χ2v) is 5.78. The van der Waals surface area contributed by atoms with Crippen molar-refractivity contribution in [3.63, 3.8) is 0 Å². The van der Waals surface area contributed by atoms with Gasteiger partial charge in [0.15, 0.2) is 0 Å². The van der Waals surface area contributed by atoms with E-state index in [0.717, 1.165) is 13.1 Å². The standard InChI is InChI=1S/C13H24N2O5/c1-13(2,3)20-12(18)14-10(11(16)17)4-5-15-6-8-19-9-7-15/h10H,4-9H2,1-3H3,(H,14,18)(H,16,17). The van der Waals surface area contributed by atoms with Gasteiger partial charge in [-0.2, -0.15) is 0 Å². The van der Waals surface area contributed by atoms with E-state index < -0.39 is 23.7 Å². The summed E-state index contributed by atoms with van der Waals surface area (Å²) in [6.07, 6.45) is -0.360. The fourth-order valence-corrected chi connectivity index (χ4v) is 1.84. The van der Waals surface area contributed by atoms with Gasteiger partial charge >= 0.3 is 12.1 Å². The van der Waals surface area contributed by atoms with Gasteiger partial charge in [0.1, 0.15) is 11.6 Å². The molecule has 0 bridgehead atoms. The fourth-order valence-electron chi connectivity index (χ4n) is 1.84. The third-order valence-electron chi connectivity index (χ3n) is 2.83. The number of hydrogen-bond donors (Lipinski definition) is 2. The first-order valence-corrected chi connectivity index (χ1v) is 6.80. The number of ether oxygens (including phenoxy) is 2. The highest BCUT2D eigenvalue weighted by molar-refractivity contribution is 5.79. The van der Waals surface area contributed by atoms with Gasteiger partial charge in [0.05, 0.1) is 13.2 Å². The van der Waals surface area contributed by atoms with Gasteiger partial charge in [0, 0.05) is 19.6 Å². The number of hydrogen-bond acceptors (Lipinski definition) is 5. The van der Waals surface area contributed by atoms with E-state index in [1.54, 1.807) is 20.8 Å². The van der Waals surface area contributed by atoms with Crippen LogP contribution in [0.4, 0.5) is 4.79 Å². The maximum absolute atomic E-state index is 11.6. The van der Waals surface area contributed by atoms with Crippen LogP contribution in [-0.2, 0) is 14.3 Å². The maximum Gasteiger partial charge on any atom is 0.408 e. The van der Waals surface area contributed by atoms with Gasteiger partial charge in [-0.3, -0.25) is 4.90 Å². The second-order valence-electron chi connectivity index (χ2n) is 5.78. The van der Waals surface area contributed by atoms with Crippen molar-refractivity contribution in [3.05, 3.63) is 0 Å². The summed E-state index contributed by atoms with van der Waals surface area (Å²) in [6.45, 7) is 8.71. The number of morpholine rings is 1. The third kappa shape index (κ3) is 6.72. The first kappa shape index (κ1) is 16.7. The topological polar surface area (TPSA) is 88.1 Å². The predicted molar refractivity (Wildman–Crippen MR) is 72.7 cm³/mol. The Bertz CT molecular complexity index is 334. The maximum atomic E-state index is 11.6. The number of carboxylic acids is 1. The zero-order chi connectivity index (χ0) is 15.2. The van der Waals surface area contributed by atoms with Gasteiger partial charge in [0.25, 0.3) is 0 Å². The Balaban J connectivity index is 2.39. The number of alkyl carbamates (subject to hydrolysis) is 1. The van der Waals surface area contributed by atoms with E-state index in [0.29, 0.717) is 26.2 Å². The molecular formula is C13H24N2O5. The van der Waals surface area contributed by atoms with Crippen molar-refractivity contribution < 1.29 is 24.2 Å². The normalized spacial score (nSPS) is 18.4. The lowest BCUT2D eigenvalue weighted by Gasteiger charge is -2.28. The molecule has 0 spiro atoms. The minimum Gasteiger partial charge on any atom is -0.480 e. The Morgan fingerprint density at radius 2 is 1.95 bits per heavy atom. The molecule has 1 atom stereocenters. The number of rotatable bonds is 5. The molecule has 1 fully saturated rings. The minimum absolute atomic E-state index is 0.342. The zero-order valence-electron chi connectivity index (χ0n) is 12.3. The molecule has 1 saturated heterocycles. The zero-order valence-corrected chi connectivity index (χ0v) is 12.3. The van der Waals surface area contributed by atoms with Crippen LogP contribution in [0.1, 0.15) is 27.2 Å². The van der Waals surface area contributed by atoms with Crippen molar-refractivity contribution in [1.29, 1.82) is 0 Å². The molecule has 116 valence electrons. The summed E-state index contributed by atoms with van der Waals surface area (Å²) in [6, 6.07) is -0.937. The summed E-state index contributed by atoms with van der Waals surface area (Å²) >= 11 is 0. The molecule has 2 N–H and O–H groups in total. The molecule has 0 saturated carbocycles. The van der Waals surface area contributed by atoms with Crippen LogP contribution >= 0.6 is 0 Å². The largest absolute Gasteiger partial charge is 0.480 e. The first-order chi connectivity index (χ1) is 9.28. The van der Waals surface area contributed by atoms with Gasteiger partial charge in [0.2, 0.25) is 0 Å². The molecule has 0 aromatic carbocycles. The van der Waals surface area contributed by atoms with Crippen molar-refractivity contribution in [2.45, 2.75) is 38.8 Å². The summed E-state index contributed by atoms with van der Waals surface area (Å²) in [5, 5.41) is 11.5. The van der Waals surface area contributed by atoms with Gasteiger partial charge in [-0.1, -0.05) is 0 Å². The van der Waals surface area contributed by atoms with Crippen LogP contribution < -0.4 is 5.32 Å². The average Bonchev–Trinajstić information content (AvgIpc) is 2.33. The molecule has 7 nitrogen and oxygen atoms in total. The molecule has 0 aliphatic carbocycles. The summed E-state index contributed by atoms with van der Waals surface area (Å²) in [4.78, 5) is 24.9. The monoisotopic (exact) mass is 288 g/mol. The van der Waals surface area contributed by atoms with Crippen molar-refractivity contribution in [2.24, 2.45) is 0 Å². The van der Waals surface area contributed by atoms with Gasteiger partial charge < -0.3 is 19.9 Å². The molecule has 0 radical (unpaired) electrons. The molecule has 1 aliphatic heterocycles. The van der Waals surface area contributed by atoms with Crippen molar-refractivity contribution in [2.75, 3.05) is 32.8 Å². The smallest absolute Gasteiger partial charge is 0.408 e. The summed E-state index contributed by atoms with van der Waals surface area (Å²) < 4.78 is 10.3. The lowest BCUT2D eigenvalue weighted by atomic mass is 10.2. The van der Waals surface area contributed by atoms with Crippen molar-refractivity contribution in [1.82, 2.24) is 10.2 Å². The Kier molecular flexibility index (Phi) is 6.22. The number of carbonyl (C=O) groups is 2. The molecule has 1 unspecified atom stereocenters. The molecule has 1 heterocycles. The summed E-state index contributed by atoms with van der Waals surface area (Å²) in [5.41, 5.74) is -0.642. The lowest BCUT2D eigenvalue weighted by molar-refractivity contribution is -0.139. The van der Waals surface area contributed by atoms with Gasteiger partial charge in [-0.15, -0.1) is 0 Å². The summed E-state index contributed by atoms with van der Waals surface area (Å²) in [7, 11) is 0.